The van der Waals surface area contributed by atoms with Crippen LogP contribution in [0.2, 0.25) is 0 Å². The molecule has 0 saturated carbocycles. The summed E-state index contributed by atoms with van der Waals surface area (Å²) in [6, 6.07) is 0. The predicted octanol–water partition coefficient (Wildman–Crippen LogP) is 0.466. The van der Waals surface area contributed by atoms with Crippen LogP contribution in [0.3, 0.4) is 0 Å². The van der Waals surface area contributed by atoms with E-state index in [1.165, 1.54) is 6.92 Å². The number of aromatic nitrogens is 2. The summed E-state index contributed by atoms with van der Waals surface area (Å²) in [7, 11) is 0. The standard InChI is InChI=1S/C12H20N6O5/c1-4-15(5-2)7-6-13-10(19)8-16-9(3)11(17(20)21)12(14-16)18(22)23/h4-8H2,1-3H3,(H,13,19). The quantitative estimate of drug-likeness (QED) is 0.513. The van der Waals surface area contributed by atoms with E-state index < -0.39 is 27.3 Å². The smallest absolute Gasteiger partial charge is 0.358 e. The van der Waals surface area contributed by atoms with E-state index in [0.29, 0.717) is 13.1 Å². The summed E-state index contributed by atoms with van der Waals surface area (Å²) in [6.07, 6.45) is 0. The Morgan fingerprint density at radius 3 is 2.30 bits per heavy atom. The first-order valence-corrected chi connectivity index (χ1v) is 7.17. The largest absolute Gasteiger partial charge is 0.468 e. The van der Waals surface area contributed by atoms with Gasteiger partial charge in [-0.3, -0.25) is 14.9 Å². The van der Waals surface area contributed by atoms with E-state index in [4.69, 9.17) is 0 Å². The van der Waals surface area contributed by atoms with E-state index in [9.17, 15) is 25.0 Å². The highest BCUT2D eigenvalue weighted by Gasteiger charge is 2.35. The van der Waals surface area contributed by atoms with Gasteiger partial charge in [-0.05, 0) is 24.9 Å². The minimum atomic E-state index is -0.931. The third-order valence-corrected chi connectivity index (χ3v) is 3.45. The van der Waals surface area contributed by atoms with Gasteiger partial charge in [0.2, 0.25) is 5.91 Å². The molecule has 1 amide bonds. The topological polar surface area (TPSA) is 136 Å². The third-order valence-electron chi connectivity index (χ3n) is 3.45. The fourth-order valence-electron chi connectivity index (χ4n) is 2.10. The van der Waals surface area contributed by atoms with Crippen LogP contribution < -0.4 is 5.32 Å². The van der Waals surface area contributed by atoms with Crippen molar-refractivity contribution < 1.29 is 14.6 Å². The number of nitrogens with zero attached hydrogens (tertiary/aromatic N) is 5. The van der Waals surface area contributed by atoms with Crippen LogP contribution in [0, 0.1) is 27.2 Å². The normalized spacial score (nSPS) is 10.8. The second-order valence-electron chi connectivity index (χ2n) is 4.81. The molecule has 0 aromatic carbocycles. The highest BCUT2D eigenvalue weighted by atomic mass is 16.6. The Kier molecular flexibility index (Phi) is 6.57. The van der Waals surface area contributed by atoms with Crippen molar-refractivity contribution in [3.05, 3.63) is 25.9 Å². The van der Waals surface area contributed by atoms with Crippen LogP contribution in [0.25, 0.3) is 0 Å². The Balaban J connectivity index is 2.74. The molecule has 0 saturated heterocycles. The third kappa shape index (κ3) is 4.71. The summed E-state index contributed by atoms with van der Waals surface area (Å²) in [4.78, 5) is 33.9. The van der Waals surface area contributed by atoms with Gasteiger partial charge in [0.15, 0.2) is 0 Å². The second kappa shape index (κ2) is 8.17. The van der Waals surface area contributed by atoms with Gasteiger partial charge in [0, 0.05) is 13.1 Å². The summed E-state index contributed by atoms with van der Waals surface area (Å²) < 4.78 is 0.975. The number of likely N-dealkylation sites (N-methyl/N-ethyl adjacent to an activating group) is 1. The lowest BCUT2D eigenvalue weighted by Crippen LogP contribution is -2.36. The molecule has 0 fully saturated rings. The fourth-order valence-corrected chi connectivity index (χ4v) is 2.10. The minimum Gasteiger partial charge on any atom is -0.358 e. The molecule has 1 rings (SSSR count). The van der Waals surface area contributed by atoms with Crippen molar-refractivity contribution in [1.82, 2.24) is 20.0 Å². The number of rotatable bonds is 9. The molecule has 1 heterocycles. The molecular formula is C12H20N6O5. The molecule has 0 atom stereocenters. The Morgan fingerprint density at radius 1 is 1.26 bits per heavy atom. The first-order chi connectivity index (χ1) is 10.8. The molecule has 0 aliphatic carbocycles. The highest BCUT2D eigenvalue weighted by molar-refractivity contribution is 5.76. The molecule has 11 nitrogen and oxygen atoms in total. The zero-order chi connectivity index (χ0) is 17.6. The lowest BCUT2D eigenvalue weighted by Gasteiger charge is -2.17. The summed E-state index contributed by atoms with van der Waals surface area (Å²) in [5, 5.41) is 27.9. The van der Waals surface area contributed by atoms with Crippen molar-refractivity contribution in [3.8, 4) is 0 Å². The van der Waals surface area contributed by atoms with Crippen molar-refractivity contribution in [2.24, 2.45) is 0 Å². The van der Waals surface area contributed by atoms with Gasteiger partial charge in [-0.1, -0.05) is 13.8 Å². The van der Waals surface area contributed by atoms with E-state index in [1.807, 2.05) is 13.8 Å². The lowest BCUT2D eigenvalue weighted by molar-refractivity contribution is -0.424. The molecule has 11 heteroatoms. The molecule has 1 aromatic rings. The summed E-state index contributed by atoms with van der Waals surface area (Å²) in [5.74, 6) is -1.27. The highest BCUT2D eigenvalue weighted by Crippen LogP contribution is 2.28. The van der Waals surface area contributed by atoms with Gasteiger partial charge in [0.05, 0.1) is 10.0 Å². The number of hydrogen-bond donors (Lipinski definition) is 1. The molecule has 0 aliphatic heterocycles. The van der Waals surface area contributed by atoms with Gasteiger partial charge in [-0.15, -0.1) is 0 Å². The molecule has 0 bridgehead atoms. The Hall–Kier alpha value is -2.56. The Labute approximate surface area is 132 Å². The number of hydrogen-bond acceptors (Lipinski definition) is 7. The molecule has 1 N–H and O–H groups in total. The summed E-state index contributed by atoms with van der Waals surface area (Å²) in [6.45, 7) is 7.86. The van der Waals surface area contributed by atoms with Crippen LogP contribution in [-0.2, 0) is 11.3 Å². The lowest BCUT2D eigenvalue weighted by atomic mass is 10.4. The van der Waals surface area contributed by atoms with Gasteiger partial charge in [-0.25, -0.2) is 0 Å². The molecule has 0 radical (unpaired) electrons. The second-order valence-corrected chi connectivity index (χ2v) is 4.81. The van der Waals surface area contributed by atoms with Gasteiger partial charge < -0.3 is 20.3 Å². The summed E-state index contributed by atoms with van der Waals surface area (Å²) in [5.41, 5.74) is -0.716. The van der Waals surface area contributed by atoms with E-state index in [-0.39, 0.29) is 12.2 Å². The maximum Gasteiger partial charge on any atom is 0.468 e. The number of amides is 1. The van der Waals surface area contributed by atoms with E-state index in [2.05, 4.69) is 15.3 Å². The zero-order valence-corrected chi connectivity index (χ0v) is 13.3. The number of carbonyl (C=O) groups is 1. The molecule has 23 heavy (non-hydrogen) atoms. The monoisotopic (exact) mass is 328 g/mol. The average Bonchev–Trinajstić information content (AvgIpc) is 2.81. The maximum atomic E-state index is 11.9. The number of carbonyl (C=O) groups excluding carboxylic acids is 1. The summed E-state index contributed by atoms with van der Waals surface area (Å²) >= 11 is 0. The van der Waals surface area contributed by atoms with Crippen LogP contribution in [-0.4, -0.2) is 56.6 Å². The molecule has 128 valence electrons. The van der Waals surface area contributed by atoms with Crippen LogP contribution in [0.15, 0.2) is 0 Å². The van der Waals surface area contributed by atoms with Crippen LogP contribution >= 0.6 is 0 Å². The van der Waals surface area contributed by atoms with E-state index in [0.717, 1.165) is 17.8 Å². The van der Waals surface area contributed by atoms with Crippen LogP contribution in [0.5, 0.6) is 0 Å². The van der Waals surface area contributed by atoms with Crippen molar-refractivity contribution >= 4 is 17.4 Å². The van der Waals surface area contributed by atoms with Crippen molar-refractivity contribution in [2.45, 2.75) is 27.3 Å². The number of nitrogens with one attached hydrogen (secondary N) is 1. The predicted molar refractivity (Wildman–Crippen MR) is 81.1 cm³/mol. The minimum absolute atomic E-state index is 0.0272. The SMILES string of the molecule is CCN(CC)CCNC(=O)Cn1nc([N+](=O)[O-])c([N+](=O)[O-])c1C. The molecule has 0 spiro atoms. The first-order valence-electron chi connectivity index (χ1n) is 7.17. The van der Waals surface area contributed by atoms with Crippen molar-refractivity contribution in [1.29, 1.82) is 0 Å². The van der Waals surface area contributed by atoms with Crippen molar-refractivity contribution in [3.63, 3.8) is 0 Å². The van der Waals surface area contributed by atoms with E-state index >= 15 is 0 Å². The van der Waals surface area contributed by atoms with Crippen molar-refractivity contribution in [2.75, 3.05) is 26.2 Å². The van der Waals surface area contributed by atoms with Gasteiger partial charge in [-0.2, -0.15) is 4.68 Å². The molecule has 0 unspecified atom stereocenters. The van der Waals surface area contributed by atoms with Crippen LogP contribution in [0.1, 0.15) is 19.5 Å². The zero-order valence-electron chi connectivity index (χ0n) is 13.3. The molecule has 1 aromatic heterocycles. The molecule has 0 aliphatic rings. The fraction of sp³-hybridized carbons (Fsp3) is 0.667. The number of nitro groups is 2. The first kappa shape index (κ1) is 18.5. The maximum absolute atomic E-state index is 11.9. The van der Waals surface area contributed by atoms with E-state index in [1.54, 1.807) is 0 Å². The van der Waals surface area contributed by atoms with Gasteiger partial charge in [0.1, 0.15) is 12.2 Å². The van der Waals surface area contributed by atoms with Gasteiger partial charge >= 0.3 is 11.5 Å². The van der Waals surface area contributed by atoms with Crippen LogP contribution in [0.4, 0.5) is 11.5 Å². The Morgan fingerprint density at radius 2 is 1.87 bits per heavy atom. The average molecular weight is 328 g/mol. The van der Waals surface area contributed by atoms with Gasteiger partial charge in [0.25, 0.3) is 0 Å². The Bertz CT molecular complexity index is 595. The molecular weight excluding hydrogens is 308 g/mol.